The number of anilines is 1. The number of unbranched alkanes of at least 4 members (excludes halogenated alkanes) is 1. The summed E-state index contributed by atoms with van der Waals surface area (Å²) in [5, 5.41) is 0. The summed E-state index contributed by atoms with van der Waals surface area (Å²) in [6.45, 7) is 11.1. The first-order valence-corrected chi connectivity index (χ1v) is 15.0. The van der Waals surface area contributed by atoms with Gasteiger partial charge in [0.2, 0.25) is 5.60 Å². The minimum Gasteiger partial charge on any atom is -0.473 e. The summed E-state index contributed by atoms with van der Waals surface area (Å²) in [5.74, 6) is -1.49. The third kappa shape index (κ3) is 8.15. The molecule has 1 saturated heterocycles. The van der Waals surface area contributed by atoms with Gasteiger partial charge in [0.25, 0.3) is 11.8 Å². The van der Waals surface area contributed by atoms with Crippen LogP contribution in [0.25, 0.3) is 0 Å². The van der Waals surface area contributed by atoms with Gasteiger partial charge in [-0.15, -0.1) is 0 Å². The Hall–Kier alpha value is -3.06. The summed E-state index contributed by atoms with van der Waals surface area (Å²) >= 11 is 0. The van der Waals surface area contributed by atoms with E-state index in [-0.39, 0.29) is 31.1 Å². The Labute approximate surface area is 257 Å². The SMILES string of the molecule is COCCCCN1C(=O)C(C)(COC)Oc2cc(C(F)(F)F)c(C(=O)N(C(C)C)[C@@H]3CCCN(C(=O)OC(C)(C)C)C3)cc21. The molecule has 3 rings (SSSR count). The Morgan fingerprint density at radius 3 is 2.39 bits per heavy atom. The molecular weight excluding hydrogens is 583 g/mol. The maximum Gasteiger partial charge on any atom is 0.417 e. The van der Waals surface area contributed by atoms with Crippen molar-refractivity contribution in [1.29, 1.82) is 0 Å². The van der Waals surface area contributed by atoms with Crippen molar-refractivity contribution in [2.45, 2.75) is 96.7 Å². The predicted molar refractivity (Wildman–Crippen MR) is 158 cm³/mol. The molecule has 0 N–H and O–H groups in total. The fraction of sp³-hybridized carbons (Fsp3) is 0.710. The number of methoxy groups -OCH3 is 2. The Morgan fingerprint density at radius 2 is 1.82 bits per heavy atom. The number of alkyl halides is 3. The number of hydrogen-bond donors (Lipinski definition) is 0. The fourth-order valence-corrected chi connectivity index (χ4v) is 5.69. The lowest BCUT2D eigenvalue weighted by molar-refractivity contribution is -0.140. The number of piperidine rings is 1. The van der Waals surface area contributed by atoms with Crippen molar-refractivity contribution in [3.63, 3.8) is 0 Å². The number of likely N-dealkylation sites (tertiary alicyclic amines) is 1. The van der Waals surface area contributed by atoms with Gasteiger partial charge in [0.15, 0.2) is 0 Å². The van der Waals surface area contributed by atoms with Crippen LogP contribution in [0.4, 0.5) is 23.7 Å². The Bertz CT molecular complexity index is 1200. The van der Waals surface area contributed by atoms with Crippen LogP contribution in [0.1, 0.15) is 83.1 Å². The molecule has 0 aromatic heterocycles. The molecule has 0 bridgehead atoms. The van der Waals surface area contributed by atoms with Gasteiger partial charge in [-0.05, 0) is 79.4 Å². The molecule has 2 atom stereocenters. The van der Waals surface area contributed by atoms with Crippen molar-refractivity contribution >= 4 is 23.6 Å². The first kappa shape index (κ1) is 35.4. The standard InChI is InChI=1S/C31H46F3N3O7/c1-20(2)37(21-12-11-13-35(18-21)28(40)44-29(3,4)5)26(38)22-16-24-25(17-23(22)31(32,33)34)43-30(6,19-42-8)27(39)36(24)14-9-10-15-41-7/h16-17,20-21H,9-15,18-19H2,1-8H3/t21-,30?/m1/s1. The van der Waals surface area contributed by atoms with Gasteiger partial charge in [-0.25, -0.2) is 4.79 Å². The highest BCUT2D eigenvalue weighted by Crippen LogP contribution is 2.45. The van der Waals surface area contributed by atoms with E-state index in [1.807, 2.05) is 0 Å². The first-order chi connectivity index (χ1) is 20.4. The average molecular weight is 630 g/mol. The topological polar surface area (TPSA) is 97.8 Å². The maximum absolute atomic E-state index is 14.6. The van der Waals surface area contributed by atoms with Gasteiger partial charge < -0.3 is 33.6 Å². The Kier molecular flexibility index (Phi) is 11.2. The third-order valence-electron chi connectivity index (χ3n) is 7.59. The number of carbonyl (C=O) groups excluding carboxylic acids is 3. The summed E-state index contributed by atoms with van der Waals surface area (Å²) < 4.78 is 65.5. The zero-order chi connectivity index (χ0) is 33.0. The van der Waals surface area contributed by atoms with Crippen molar-refractivity contribution in [3.05, 3.63) is 23.3 Å². The second kappa shape index (κ2) is 13.9. The minimum atomic E-state index is -4.90. The molecule has 0 saturated carbocycles. The lowest BCUT2D eigenvalue weighted by Gasteiger charge is -2.43. The number of hydrogen-bond acceptors (Lipinski definition) is 7. The van der Waals surface area contributed by atoms with E-state index in [9.17, 15) is 27.6 Å². The highest BCUT2D eigenvalue weighted by atomic mass is 19.4. The fourth-order valence-electron chi connectivity index (χ4n) is 5.69. The van der Waals surface area contributed by atoms with Crippen molar-refractivity contribution < 1.29 is 46.5 Å². The van der Waals surface area contributed by atoms with Gasteiger partial charge in [0, 0.05) is 46.5 Å². The van der Waals surface area contributed by atoms with Crippen molar-refractivity contribution in [3.8, 4) is 5.75 Å². The van der Waals surface area contributed by atoms with Crippen LogP contribution >= 0.6 is 0 Å². The van der Waals surface area contributed by atoms with Gasteiger partial charge in [-0.1, -0.05) is 0 Å². The van der Waals surface area contributed by atoms with Crippen LogP contribution in [0, 0.1) is 0 Å². The zero-order valence-corrected chi connectivity index (χ0v) is 27.0. The number of carbonyl (C=O) groups is 3. The lowest BCUT2D eigenvalue weighted by Crippen LogP contribution is -2.57. The van der Waals surface area contributed by atoms with Crippen molar-refractivity contribution in [2.24, 2.45) is 0 Å². The zero-order valence-electron chi connectivity index (χ0n) is 27.0. The van der Waals surface area contributed by atoms with E-state index in [1.54, 1.807) is 41.7 Å². The van der Waals surface area contributed by atoms with E-state index in [4.69, 9.17) is 18.9 Å². The first-order valence-electron chi connectivity index (χ1n) is 15.0. The van der Waals surface area contributed by atoms with Crippen LogP contribution in [-0.2, 0) is 25.2 Å². The molecular formula is C31H46F3N3O7. The van der Waals surface area contributed by atoms with E-state index >= 15 is 0 Å². The van der Waals surface area contributed by atoms with Gasteiger partial charge in [0.1, 0.15) is 11.4 Å². The molecule has 2 heterocycles. The van der Waals surface area contributed by atoms with E-state index in [0.717, 1.165) is 12.1 Å². The molecule has 13 heteroatoms. The highest BCUT2D eigenvalue weighted by molar-refractivity contribution is 6.05. The second-order valence-corrected chi connectivity index (χ2v) is 12.8. The molecule has 0 aliphatic carbocycles. The van der Waals surface area contributed by atoms with Crippen LogP contribution in [-0.4, -0.2) is 98.1 Å². The number of halogens is 3. The largest absolute Gasteiger partial charge is 0.473 e. The Morgan fingerprint density at radius 1 is 1.14 bits per heavy atom. The molecule has 44 heavy (non-hydrogen) atoms. The molecule has 3 amide bonds. The molecule has 1 unspecified atom stereocenters. The number of rotatable bonds is 10. The molecule has 248 valence electrons. The number of benzene rings is 1. The molecule has 1 fully saturated rings. The highest BCUT2D eigenvalue weighted by Gasteiger charge is 2.48. The second-order valence-electron chi connectivity index (χ2n) is 12.8. The smallest absolute Gasteiger partial charge is 0.417 e. The molecule has 2 aliphatic rings. The molecule has 0 radical (unpaired) electrons. The van der Waals surface area contributed by atoms with Crippen molar-refractivity contribution in [1.82, 2.24) is 9.80 Å². The van der Waals surface area contributed by atoms with Crippen LogP contribution in [0.15, 0.2) is 12.1 Å². The summed E-state index contributed by atoms with van der Waals surface area (Å²) in [5.41, 5.74) is -3.96. The van der Waals surface area contributed by atoms with Crippen LogP contribution in [0.3, 0.4) is 0 Å². The van der Waals surface area contributed by atoms with Crippen LogP contribution in [0.2, 0.25) is 0 Å². The molecule has 0 spiro atoms. The minimum absolute atomic E-state index is 0.0834. The molecule has 1 aromatic rings. The number of fused-ring (bicyclic) bond motifs is 1. The summed E-state index contributed by atoms with van der Waals surface area (Å²) in [6.07, 6.45) is -3.27. The normalized spacial score (nSPS) is 20.8. The number of amides is 3. The molecule has 10 nitrogen and oxygen atoms in total. The van der Waals surface area contributed by atoms with Crippen LogP contribution < -0.4 is 9.64 Å². The summed E-state index contributed by atoms with van der Waals surface area (Å²) in [7, 11) is 2.93. The van der Waals surface area contributed by atoms with Crippen molar-refractivity contribution in [2.75, 3.05) is 52.0 Å². The predicted octanol–water partition coefficient (Wildman–Crippen LogP) is 5.51. The number of nitrogens with zero attached hydrogens (tertiary/aromatic N) is 3. The van der Waals surface area contributed by atoms with E-state index in [2.05, 4.69) is 0 Å². The average Bonchev–Trinajstić information content (AvgIpc) is 2.91. The third-order valence-corrected chi connectivity index (χ3v) is 7.59. The quantitative estimate of drug-likeness (QED) is 0.315. The molecule has 1 aromatic carbocycles. The molecule has 2 aliphatic heterocycles. The number of ether oxygens (including phenoxy) is 4. The van der Waals surface area contributed by atoms with E-state index < -0.39 is 58.5 Å². The maximum atomic E-state index is 14.6. The van der Waals surface area contributed by atoms with E-state index in [1.165, 1.54) is 28.7 Å². The Balaban J connectivity index is 2.08. The van der Waals surface area contributed by atoms with Crippen LogP contribution in [0.5, 0.6) is 5.75 Å². The van der Waals surface area contributed by atoms with Gasteiger partial charge in [-0.3, -0.25) is 9.59 Å². The van der Waals surface area contributed by atoms with Gasteiger partial charge >= 0.3 is 12.3 Å². The summed E-state index contributed by atoms with van der Waals surface area (Å²) in [6, 6.07) is 0.882. The van der Waals surface area contributed by atoms with Gasteiger partial charge in [-0.2, -0.15) is 13.2 Å². The van der Waals surface area contributed by atoms with E-state index in [0.29, 0.717) is 38.8 Å². The summed E-state index contributed by atoms with van der Waals surface area (Å²) in [4.78, 5) is 44.9. The monoisotopic (exact) mass is 629 g/mol. The van der Waals surface area contributed by atoms with Gasteiger partial charge in [0.05, 0.1) is 29.5 Å². The lowest BCUT2D eigenvalue weighted by atomic mass is 9.96.